The molecule has 0 saturated heterocycles. The number of nitrogens with zero attached hydrogens (tertiary/aromatic N) is 3. The minimum absolute atomic E-state index is 0.00435. The fraction of sp³-hybridized carbons (Fsp3) is 0.714. The molecule has 1 aromatic heterocycles. The van der Waals surface area contributed by atoms with Crippen LogP contribution >= 0.6 is 0 Å². The lowest BCUT2D eigenvalue weighted by molar-refractivity contribution is -0.122. The molecule has 0 unspecified atom stereocenters. The van der Waals surface area contributed by atoms with E-state index in [0.29, 0.717) is 5.92 Å². The highest BCUT2D eigenvalue weighted by molar-refractivity contribution is 5.84. The summed E-state index contributed by atoms with van der Waals surface area (Å²) in [6.45, 7) is 4.49. The normalized spacial score (nSPS) is 22.2. The lowest BCUT2D eigenvalue weighted by Gasteiger charge is -2.31. The zero-order valence-corrected chi connectivity index (χ0v) is 12.5. The van der Waals surface area contributed by atoms with Crippen molar-refractivity contribution in [1.82, 2.24) is 20.3 Å². The van der Waals surface area contributed by atoms with E-state index in [2.05, 4.69) is 29.5 Å². The Balaban J connectivity index is 1.78. The maximum Gasteiger partial charge on any atom is 0.358 e. The number of aromatic nitrogens is 3. The summed E-state index contributed by atoms with van der Waals surface area (Å²) in [5.41, 5.74) is -0.153. The smallest absolute Gasteiger partial charge is 0.358 e. The van der Waals surface area contributed by atoms with Crippen LogP contribution in [0.4, 0.5) is 0 Å². The molecule has 1 heterocycles. The van der Waals surface area contributed by atoms with Gasteiger partial charge in [-0.3, -0.25) is 4.79 Å². The SMILES string of the molecule is CC(C)C1CCC(NC(=O)Cn2cc(C(=O)O)nn2)CC1. The zero-order chi connectivity index (χ0) is 15.4. The summed E-state index contributed by atoms with van der Waals surface area (Å²) < 4.78 is 1.25. The van der Waals surface area contributed by atoms with Crippen LogP contribution in [-0.4, -0.2) is 38.0 Å². The summed E-state index contributed by atoms with van der Waals surface area (Å²) >= 11 is 0. The minimum Gasteiger partial charge on any atom is -0.476 e. The highest BCUT2D eigenvalue weighted by Gasteiger charge is 2.24. The van der Waals surface area contributed by atoms with Crippen molar-refractivity contribution in [3.63, 3.8) is 0 Å². The first-order chi connectivity index (χ1) is 9.95. The fourth-order valence-corrected chi connectivity index (χ4v) is 2.82. The third-order valence-electron chi connectivity index (χ3n) is 4.14. The molecule has 1 aliphatic carbocycles. The number of rotatable bonds is 5. The van der Waals surface area contributed by atoms with Gasteiger partial charge in [0.25, 0.3) is 0 Å². The van der Waals surface area contributed by atoms with Crippen LogP contribution in [0, 0.1) is 11.8 Å². The monoisotopic (exact) mass is 294 g/mol. The van der Waals surface area contributed by atoms with Crippen molar-refractivity contribution < 1.29 is 14.7 Å². The van der Waals surface area contributed by atoms with Crippen LogP contribution in [0.15, 0.2) is 6.20 Å². The molecule has 7 nitrogen and oxygen atoms in total. The number of nitrogens with one attached hydrogen (secondary N) is 1. The third kappa shape index (κ3) is 4.27. The number of hydrogen-bond acceptors (Lipinski definition) is 4. The molecule has 1 saturated carbocycles. The third-order valence-corrected chi connectivity index (χ3v) is 4.14. The fourth-order valence-electron chi connectivity index (χ4n) is 2.82. The van der Waals surface area contributed by atoms with Crippen molar-refractivity contribution in [2.24, 2.45) is 11.8 Å². The topological polar surface area (TPSA) is 97.1 Å². The van der Waals surface area contributed by atoms with E-state index >= 15 is 0 Å². The Bertz CT molecular complexity index is 504. The molecule has 0 atom stereocenters. The predicted molar refractivity (Wildman–Crippen MR) is 75.7 cm³/mol. The maximum absolute atomic E-state index is 11.9. The van der Waals surface area contributed by atoms with Crippen molar-refractivity contribution in [3.05, 3.63) is 11.9 Å². The van der Waals surface area contributed by atoms with Crippen molar-refractivity contribution >= 4 is 11.9 Å². The Morgan fingerprint density at radius 2 is 2.05 bits per heavy atom. The van der Waals surface area contributed by atoms with E-state index in [-0.39, 0.29) is 24.2 Å². The van der Waals surface area contributed by atoms with Gasteiger partial charge in [0.05, 0.1) is 6.20 Å². The lowest BCUT2D eigenvalue weighted by Crippen LogP contribution is -2.40. The highest BCUT2D eigenvalue weighted by atomic mass is 16.4. The van der Waals surface area contributed by atoms with Crippen molar-refractivity contribution in [3.8, 4) is 0 Å². The largest absolute Gasteiger partial charge is 0.476 e. The van der Waals surface area contributed by atoms with Gasteiger partial charge in [-0.25, -0.2) is 9.48 Å². The number of amides is 1. The summed E-state index contributed by atoms with van der Waals surface area (Å²) in [4.78, 5) is 22.6. The number of carboxylic acid groups (broad SMARTS) is 1. The number of carbonyl (C=O) groups is 2. The quantitative estimate of drug-likeness (QED) is 0.853. The molecule has 7 heteroatoms. The number of hydrogen-bond donors (Lipinski definition) is 2. The Morgan fingerprint density at radius 1 is 1.38 bits per heavy atom. The van der Waals surface area contributed by atoms with Crippen LogP contribution in [0.3, 0.4) is 0 Å². The molecule has 21 heavy (non-hydrogen) atoms. The van der Waals surface area contributed by atoms with Gasteiger partial charge in [-0.1, -0.05) is 19.1 Å². The summed E-state index contributed by atoms with van der Waals surface area (Å²) in [5.74, 6) is 0.163. The van der Waals surface area contributed by atoms with Crippen LogP contribution < -0.4 is 5.32 Å². The van der Waals surface area contributed by atoms with E-state index in [4.69, 9.17) is 5.11 Å². The molecule has 0 radical (unpaired) electrons. The Morgan fingerprint density at radius 3 is 2.57 bits per heavy atom. The lowest BCUT2D eigenvalue weighted by atomic mass is 9.80. The molecule has 1 aliphatic rings. The molecular formula is C14H22N4O3. The van der Waals surface area contributed by atoms with Crippen LogP contribution in [0.1, 0.15) is 50.0 Å². The average molecular weight is 294 g/mol. The number of carbonyl (C=O) groups excluding carboxylic acids is 1. The average Bonchev–Trinajstić information content (AvgIpc) is 2.87. The van der Waals surface area contributed by atoms with Crippen molar-refractivity contribution in [2.45, 2.75) is 52.1 Å². The first-order valence-corrected chi connectivity index (χ1v) is 7.38. The molecule has 2 N–H and O–H groups in total. The molecule has 0 aromatic carbocycles. The van der Waals surface area contributed by atoms with Gasteiger partial charge < -0.3 is 10.4 Å². The minimum atomic E-state index is -1.14. The second-order valence-corrected chi connectivity index (χ2v) is 6.03. The van der Waals surface area contributed by atoms with Gasteiger partial charge in [-0.05, 0) is 37.5 Å². The summed E-state index contributed by atoms with van der Waals surface area (Å²) in [7, 11) is 0. The van der Waals surface area contributed by atoms with Crippen molar-refractivity contribution in [2.75, 3.05) is 0 Å². The van der Waals surface area contributed by atoms with Gasteiger partial charge >= 0.3 is 5.97 Å². The summed E-state index contributed by atoms with van der Waals surface area (Å²) in [6.07, 6.45) is 5.57. The Hall–Kier alpha value is -1.92. The molecule has 1 amide bonds. The zero-order valence-electron chi connectivity index (χ0n) is 12.5. The first kappa shape index (κ1) is 15.5. The maximum atomic E-state index is 11.9. The van der Waals surface area contributed by atoms with E-state index in [0.717, 1.165) is 31.6 Å². The second kappa shape index (κ2) is 6.69. The molecule has 2 rings (SSSR count). The van der Waals surface area contributed by atoms with Crippen LogP contribution in [0.2, 0.25) is 0 Å². The van der Waals surface area contributed by atoms with E-state index in [1.54, 1.807) is 0 Å². The Kier molecular flexibility index (Phi) is 4.93. The molecule has 0 aliphatic heterocycles. The van der Waals surface area contributed by atoms with Crippen LogP contribution in [0.5, 0.6) is 0 Å². The van der Waals surface area contributed by atoms with Gasteiger partial charge in [0.2, 0.25) is 5.91 Å². The van der Waals surface area contributed by atoms with Crippen LogP contribution in [-0.2, 0) is 11.3 Å². The molecule has 1 aromatic rings. The summed E-state index contributed by atoms with van der Waals surface area (Å²) in [5, 5.41) is 18.8. The molecule has 1 fully saturated rings. The molecular weight excluding hydrogens is 272 g/mol. The van der Waals surface area contributed by atoms with Gasteiger partial charge in [-0.15, -0.1) is 5.10 Å². The van der Waals surface area contributed by atoms with E-state index in [1.807, 2.05) is 0 Å². The predicted octanol–water partition coefficient (Wildman–Crippen LogP) is 1.31. The Labute approximate surface area is 123 Å². The number of aromatic carboxylic acids is 1. The standard InChI is InChI=1S/C14H22N4O3/c1-9(2)10-3-5-11(6-4-10)15-13(19)8-18-7-12(14(20)21)16-17-18/h7,9-11H,3-6,8H2,1-2H3,(H,15,19)(H,20,21). The molecule has 116 valence electrons. The van der Waals surface area contributed by atoms with E-state index in [9.17, 15) is 9.59 Å². The van der Waals surface area contributed by atoms with E-state index in [1.165, 1.54) is 10.9 Å². The highest BCUT2D eigenvalue weighted by Crippen LogP contribution is 2.29. The van der Waals surface area contributed by atoms with Crippen LogP contribution in [0.25, 0.3) is 0 Å². The van der Waals surface area contributed by atoms with Gasteiger partial charge in [0.1, 0.15) is 6.54 Å². The number of carboxylic acids is 1. The van der Waals surface area contributed by atoms with Gasteiger partial charge in [0.15, 0.2) is 5.69 Å². The summed E-state index contributed by atoms with van der Waals surface area (Å²) in [6, 6.07) is 0.218. The molecule has 0 spiro atoms. The van der Waals surface area contributed by atoms with Gasteiger partial charge in [-0.2, -0.15) is 0 Å². The first-order valence-electron chi connectivity index (χ1n) is 7.38. The second-order valence-electron chi connectivity index (χ2n) is 6.03. The molecule has 0 bridgehead atoms. The van der Waals surface area contributed by atoms with Gasteiger partial charge in [0, 0.05) is 6.04 Å². The van der Waals surface area contributed by atoms with Crippen molar-refractivity contribution in [1.29, 1.82) is 0 Å². The van der Waals surface area contributed by atoms with E-state index < -0.39 is 5.97 Å².